The topological polar surface area (TPSA) is 108 Å². The van der Waals surface area contributed by atoms with E-state index in [1.807, 2.05) is 0 Å². The molecule has 0 aliphatic heterocycles. The first-order chi connectivity index (χ1) is 19.8. The van der Waals surface area contributed by atoms with Gasteiger partial charge in [-0.05, 0) is 39.0 Å². The van der Waals surface area contributed by atoms with Crippen LogP contribution in [0.5, 0.6) is 0 Å². The molecular formula is C32H61O8P. The van der Waals surface area contributed by atoms with Gasteiger partial charge in [0.05, 0.1) is 13.2 Å². The second kappa shape index (κ2) is 28.9. The molecule has 0 saturated heterocycles. The van der Waals surface area contributed by atoms with Gasteiger partial charge in [-0.3, -0.25) is 18.6 Å². The van der Waals surface area contributed by atoms with Crippen LogP contribution in [0.2, 0.25) is 0 Å². The summed E-state index contributed by atoms with van der Waals surface area (Å²) in [5.74, 6) is -0.810. The molecule has 0 radical (unpaired) electrons. The highest BCUT2D eigenvalue weighted by atomic mass is 31.2. The van der Waals surface area contributed by atoms with E-state index in [0.29, 0.717) is 12.8 Å². The average molecular weight is 605 g/mol. The van der Waals surface area contributed by atoms with Gasteiger partial charge < -0.3 is 14.4 Å². The summed E-state index contributed by atoms with van der Waals surface area (Å²) in [7, 11) is -4.26. The number of phosphoric acid groups is 1. The van der Waals surface area contributed by atoms with E-state index in [2.05, 4.69) is 26.0 Å². The highest BCUT2D eigenvalue weighted by Gasteiger charge is 2.25. The van der Waals surface area contributed by atoms with Crippen LogP contribution in [-0.2, 0) is 32.7 Å². The molecule has 0 saturated carbocycles. The van der Waals surface area contributed by atoms with E-state index in [4.69, 9.17) is 18.5 Å². The van der Waals surface area contributed by atoms with E-state index in [1.54, 1.807) is 6.92 Å². The number of carbonyl (C=O) groups excluding carboxylic acids is 2. The molecule has 1 N–H and O–H groups in total. The molecule has 0 aliphatic rings. The standard InChI is InChI=1S/C32H61O8P/c1-4-7-9-11-13-15-17-19-21-23-25-27-32(34)40-30(29-39-41(35,36)38-6-3)28-37-31(33)26-24-22-20-18-16-14-12-10-8-5-2/h11,13,30H,4-10,12,14-29H2,1-3H3,(H,35,36)/b13-11-. The number of ether oxygens (including phenoxy) is 2. The quantitative estimate of drug-likeness (QED) is 0.0374. The van der Waals surface area contributed by atoms with E-state index in [0.717, 1.165) is 57.8 Å². The predicted octanol–water partition coefficient (Wildman–Crippen LogP) is 9.38. The normalized spacial score (nSPS) is 13.8. The maximum Gasteiger partial charge on any atom is 0.472 e. The highest BCUT2D eigenvalue weighted by molar-refractivity contribution is 7.47. The Balaban J connectivity index is 4.24. The summed E-state index contributed by atoms with van der Waals surface area (Å²) in [6.45, 7) is 5.38. The van der Waals surface area contributed by atoms with Crippen LogP contribution in [-0.4, -0.2) is 42.8 Å². The summed E-state index contributed by atoms with van der Waals surface area (Å²) < 4.78 is 32.3. The first-order valence-corrected chi connectivity index (χ1v) is 18.0. The Morgan fingerprint density at radius 1 is 0.634 bits per heavy atom. The van der Waals surface area contributed by atoms with E-state index < -0.39 is 26.5 Å². The number of allylic oxidation sites excluding steroid dienone is 2. The van der Waals surface area contributed by atoms with Crippen LogP contribution < -0.4 is 0 Å². The molecule has 0 aromatic carbocycles. The molecule has 0 aromatic heterocycles. The second-order valence-electron chi connectivity index (χ2n) is 10.8. The third-order valence-electron chi connectivity index (χ3n) is 6.82. The Morgan fingerprint density at radius 3 is 1.68 bits per heavy atom. The minimum atomic E-state index is -4.26. The lowest BCUT2D eigenvalue weighted by atomic mass is 10.1. The minimum absolute atomic E-state index is 0.00121. The second-order valence-corrected chi connectivity index (χ2v) is 12.3. The van der Waals surface area contributed by atoms with Crippen LogP contribution >= 0.6 is 7.82 Å². The van der Waals surface area contributed by atoms with Crippen LogP contribution in [0.25, 0.3) is 0 Å². The molecule has 242 valence electrons. The minimum Gasteiger partial charge on any atom is -0.462 e. The molecule has 0 rings (SSSR count). The number of carbonyl (C=O) groups is 2. The van der Waals surface area contributed by atoms with Crippen molar-refractivity contribution in [3.63, 3.8) is 0 Å². The van der Waals surface area contributed by atoms with E-state index in [1.165, 1.54) is 57.8 Å². The van der Waals surface area contributed by atoms with E-state index in [-0.39, 0.29) is 25.6 Å². The molecule has 0 fully saturated rings. The molecule has 41 heavy (non-hydrogen) atoms. The van der Waals surface area contributed by atoms with Crippen LogP contribution in [0.3, 0.4) is 0 Å². The number of unbranched alkanes of at least 4 members (excludes halogenated alkanes) is 16. The van der Waals surface area contributed by atoms with Gasteiger partial charge in [-0.1, -0.05) is 116 Å². The van der Waals surface area contributed by atoms with E-state index in [9.17, 15) is 19.0 Å². The Kier molecular flexibility index (Phi) is 28.0. The zero-order valence-electron chi connectivity index (χ0n) is 26.5. The number of hydrogen-bond donors (Lipinski definition) is 1. The summed E-state index contributed by atoms with van der Waals surface area (Å²) in [6, 6.07) is 0. The highest BCUT2D eigenvalue weighted by Crippen LogP contribution is 2.43. The number of esters is 2. The third-order valence-corrected chi connectivity index (χ3v) is 7.88. The third kappa shape index (κ3) is 28.7. The molecule has 9 heteroatoms. The van der Waals surface area contributed by atoms with Crippen molar-refractivity contribution < 1.29 is 37.6 Å². The maximum absolute atomic E-state index is 12.4. The van der Waals surface area contributed by atoms with Crippen molar-refractivity contribution in [1.29, 1.82) is 0 Å². The van der Waals surface area contributed by atoms with Crippen molar-refractivity contribution in [3.05, 3.63) is 12.2 Å². The molecule has 0 amide bonds. The van der Waals surface area contributed by atoms with Crippen LogP contribution in [0.1, 0.15) is 156 Å². The SMILES string of the molecule is CCCC/C=C\CCCCCCCC(=O)OC(COC(=O)CCCCCCCCCCCC)COP(=O)(O)OCC. The van der Waals surface area contributed by atoms with Gasteiger partial charge >= 0.3 is 19.8 Å². The van der Waals surface area contributed by atoms with Crippen molar-refractivity contribution in [3.8, 4) is 0 Å². The first kappa shape index (κ1) is 39.8. The first-order valence-electron chi connectivity index (χ1n) is 16.5. The van der Waals surface area contributed by atoms with Gasteiger partial charge in [0.15, 0.2) is 6.10 Å². The molecule has 0 bridgehead atoms. The van der Waals surface area contributed by atoms with Gasteiger partial charge in [0.25, 0.3) is 0 Å². The van der Waals surface area contributed by atoms with Gasteiger partial charge in [0.2, 0.25) is 0 Å². The van der Waals surface area contributed by atoms with Crippen molar-refractivity contribution in [2.24, 2.45) is 0 Å². The zero-order valence-corrected chi connectivity index (χ0v) is 27.3. The van der Waals surface area contributed by atoms with Gasteiger partial charge in [-0.15, -0.1) is 0 Å². The van der Waals surface area contributed by atoms with Crippen LogP contribution in [0, 0.1) is 0 Å². The van der Waals surface area contributed by atoms with Gasteiger partial charge in [0, 0.05) is 12.8 Å². The van der Waals surface area contributed by atoms with E-state index >= 15 is 0 Å². The monoisotopic (exact) mass is 604 g/mol. The summed E-state index contributed by atoms with van der Waals surface area (Å²) in [5.41, 5.74) is 0. The van der Waals surface area contributed by atoms with Crippen LogP contribution in [0.4, 0.5) is 0 Å². The van der Waals surface area contributed by atoms with Crippen LogP contribution in [0.15, 0.2) is 12.2 Å². The summed E-state index contributed by atoms with van der Waals surface area (Å²) >= 11 is 0. The smallest absolute Gasteiger partial charge is 0.462 e. The van der Waals surface area contributed by atoms with Gasteiger partial charge in [0.1, 0.15) is 6.61 Å². The van der Waals surface area contributed by atoms with Crippen molar-refractivity contribution in [1.82, 2.24) is 0 Å². The number of hydrogen-bond acceptors (Lipinski definition) is 7. The lowest BCUT2D eigenvalue weighted by Gasteiger charge is -2.19. The summed E-state index contributed by atoms with van der Waals surface area (Å²) in [5, 5.41) is 0. The largest absolute Gasteiger partial charge is 0.472 e. The van der Waals surface area contributed by atoms with Gasteiger partial charge in [-0.25, -0.2) is 4.57 Å². The van der Waals surface area contributed by atoms with Crippen molar-refractivity contribution in [2.45, 2.75) is 162 Å². The molecule has 0 heterocycles. The molecule has 2 unspecified atom stereocenters. The fraction of sp³-hybridized carbons (Fsp3) is 0.875. The van der Waals surface area contributed by atoms with Gasteiger partial charge in [-0.2, -0.15) is 0 Å². The Labute approximate surface area is 250 Å². The molecular weight excluding hydrogens is 543 g/mol. The van der Waals surface area contributed by atoms with Crippen molar-refractivity contribution >= 4 is 19.8 Å². The number of phosphoric ester groups is 1. The fourth-order valence-electron chi connectivity index (χ4n) is 4.37. The molecule has 0 aromatic rings. The zero-order chi connectivity index (χ0) is 30.4. The molecule has 0 aliphatic carbocycles. The Hall–Kier alpha value is -1.21. The lowest BCUT2D eigenvalue weighted by molar-refractivity contribution is -0.161. The molecule has 8 nitrogen and oxygen atoms in total. The summed E-state index contributed by atoms with van der Waals surface area (Å²) in [6.07, 6.45) is 25.5. The maximum atomic E-state index is 12.4. The van der Waals surface area contributed by atoms with Crippen molar-refractivity contribution in [2.75, 3.05) is 19.8 Å². The summed E-state index contributed by atoms with van der Waals surface area (Å²) in [4.78, 5) is 34.3. The number of rotatable bonds is 30. The lowest BCUT2D eigenvalue weighted by Crippen LogP contribution is -2.29. The molecule has 0 spiro atoms. The Bertz CT molecular complexity index is 697. The fourth-order valence-corrected chi connectivity index (χ4v) is 5.13. The molecule has 2 atom stereocenters. The average Bonchev–Trinajstić information content (AvgIpc) is 2.94. The predicted molar refractivity (Wildman–Crippen MR) is 166 cm³/mol. The Morgan fingerprint density at radius 2 is 1.12 bits per heavy atom.